The Hall–Kier alpha value is -0.280. The lowest BCUT2D eigenvalue weighted by molar-refractivity contribution is -0.0206. The van der Waals surface area contributed by atoms with Crippen molar-refractivity contribution in [2.45, 2.75) is 97.3 Å². The topological polar surface area (TPSA) is 64.6 Å². The molecular formula is C29H60O7. The van der Waals surface area contributed by atoms with Crippen molar-refractivity contribution in [2.24, 2.45) is 0 Å². The van der Waals surface area contributed by atoms with Gasteiger partial charge in [-0.25, -0.2) is 0 Å². The SMILES string of the molecule is CCCCCCCCCCOCCOCCOCCOCCOCCOCCOCCCCCCC. The Kier molecular flexibility index (Phi) is 34.4. The molecule has 218 valence electrons. The molecule has 0 rings (SSSR count). The van der Waals surface area contributed by atoms with Crippen LogP contribution in [0.4, 0.5) is 0 Å². The molecule has 0 radical (unpaired) electrons. The molecule has 7 nitrogen and oxygen atoms in total. The van der Waals surface area contributed by atoms with Gasteiger partial charge in [0.15, 0.2) is 0 Å². The first-order valence-electron chi connectivity index (χ1n) is 15.0. The van der Waals surface area contributed by atoms with Gasteiger partial charge in [0.2, 0.25) is 0 Å². The first kappa shape index (κ1) is 35.7. The molecular weight excluding hydrogens is 460 g/mol. The number of ether oxygens (including phenoxy) is 7. The molecule has 0 bridgehead atoms. The van der Waals surface area contributed by atoms with Gasteiger partial charge in [0.25, 0.3) is 0 Å². The zero-order chi connectivity index (χ0) is 26.0. The van der Waals surface area contributed by atoms with Crippen molar-refractivity contribution in [2.75, 3.05) is 92.5 Å². The average Bonchev–Trinajstić information content (AvgIpc) is 2.89. The minimum atomic E-state index is 0.567. The summed E-state index contributed by atoms with van der Waals surface area (Å²) in [5, 5.41) is 0. The molecule has 0 saturated heterocycles. The Morgan fingerprint density at radius 2 is 0.417 bits per heavy atom. The van der Waals surface area contributed by atoms with Crippen LogP contribution in [-0.4, -0.2) is 92.5 Å². The van der Waals surface area contributed by atoms with E-state index in [1.807, 2.05) is 0 Å². The molecule has 7 heteroatoms. The lowest BCUT2D eigenvalue weighted by Crippen LogP contribution is -2.14. The fourth-order valence-electron chi connectivity index (χ4n) is 3.57. The van der Waals surface area contributed by atoms with Crippen LogP contribution in [-0.2, 0) is 33.2 Å². The summed E-state index contributed by atoms with van der Waals surface area (Å²) in [5.74, 6) is 0. The van der Waals surface area contributed by atoms with Crippen LogP contribution < -0.4 is 0 Å². The van der Waals surface area contributed by atoms with Crippen molar-refractivity contribution < 1.29 is 33.2 Å². The standard InChI is InChI=1S/C29H60O7/c1-3-5-7-9-10-11-13-15-17-31-19-21-33-23-25-35-27-29-36-28-26-34-24-22-32-20-18-30-16-14-12-8-6-4-2/h3-29H2,1-2H3. The minimum Gasteiger partial charge on any atom is -0.379 e. The quantitative estimate of drug-likeness (QED) is 0.0953. The third-order valence-corrected chi connectivity index (χ3v) is 5.77. The Morgan fingerprint density at radius 1 is 0.222 bits per heavy atom. The fraction of sp³-hybridized carbons (Fsp3) is 1.00. The van der Waals surface area contributed by atoms with Gasteiger partial charge >= 0.3 is 0 Å². The van der Waals surface area contributed by atoms with E-state index in [-0.39, 0.29) is 0 Å². The van der Waals surface area contributed by atoms with Gasteiger partial charge < -0.3 is 33.2 Å². The summed E-state index contributed by atoms with van der Waals surface area (Å²) in [6, 6.07) is 0. The van der Waals surface area contributed by atoms with Crippen LogP contribution in [0.5, 0.6) is 0 Å². The van der Waals surface area contributed by atoms with Crippen LogP contribution in [0, 0.1) is 0 Å². The lowest BCUT2D eigenvalue weighted by atomic mass is 10.1. The van der Waals surface area contributed by atoms with Gasteiger partial charge in [-0.15, -0.1) is 0 Å². The molecule has 0 aromatic heterocycles. The van der Waals surface area contributed by atoms with Crippen molar-refractivity contribution in [3.63, 3.8) is 0 Å². The van der Waals surface area contributed by atoms with E-state index < -0.39 is 0 Å². The predicted molar refractivity (Wildman–Crippen MR) is 147 cm³/mol. The highest BCUT2D eigenvalue weighted by molar-refractivity contribution is 4.46. The molecule has 0 N–H and O–H groups in total. The van der Waals surface area contributed by atoms with Crippen LogP contribution in [0.25, 0.3) is 0 Å². The van der Waals surface area contributed by atoms with Crippen molar-refractivity contribution in [1.29, 1.82) is 0 Å². The van der Waals surface area contributed by atoms with E-state index in [0.29, 0.717) is 79.3 Å². The molecule has 0 aromatic rings. The number of hydrogen-bond donors (Lipinski definition) is 0. The maximum atomic E-state index is 5.61. The zero-order valence-electron chi connectivity index (χ0n) is 23.9. The van der Waals surface area contributed by atoms with Crippen LogP contribution in [0.2, 0.25) is 0 Å². The normalized spacial score (nSPS) is 11.5. The fourth-order valence-corrected chi connectivity index (χ4v) is 3.57. The van der Waals surface area contributed by atoms with Gasteiger partial charge in [0.05, 0.1) is 79.3 Å². The third-order valence-electron chi connectivity index (χ3n) is 5.77. The maximum Gasteiger partial charge on any atom is 0.0701 e. The van der Waals surface area contributed by atoms with Gasteiger partial charge in [-0.3, -0.25) is 0 Å². The summed E-state index contributed by atoms with van der Waals surface area (Å²) in [6.07, 6.45) is 17.0. The highest BCUT2D eigenvalue weighted by Crippen LogP contribution is 2.08. The van der Waals surface area contributed by atoms with Crippen molar-refractivity contribution in [3.05, 3.63) is 0 Å². The highest BCUT2D eigenvalue weighted by atomic mass is 16.6. The van der Waals surface area contributed by atoms with Gasteiger partial charge in [0, 0.05) is 13.2 Å². The summed E-state index contributed by atoms with van der Waals surface area (Å²) in [4.78, 5) is 0. The largest absolute Gasteiger partial charge is 0.379 e. The zero-order valence-corrected chi connectivity index (χ0v) is 23.9. The van der Waals surface area contributed by atoms with E-state index >= 15 is 0 Å². The molecule has 36 heavy (non-hydrogen) atoms. The second-order valence-electron chi connectivity index (χ2n) is 9.18. The second kappa shape index (κ2) is 34.7. The van der Waals surface area contributed by atoms with Gasteiger partial charge in [-0.05, 0) is 12.8 Å². The van der Waals surface area contributed by atoms with Crippen molar-refractivity contribution >= 4 is 0 Å². The summed E-state index contributed by atoms with van der Waals surface area (Å²) in [6.45, 7) is 13.4. The van der Waals surface area contributed by atoms with E-state index in [9.17, 15) is 0 Å². The monoisotopic (exact) mass is 520 g/mol. The Bertz CT molecular complexity index is 338. The van der Waals surface area contributed by atoms with Crippen LogP contribution in [0.1, 0.15) is 97.3 Å². The third kappa shape index (κ3) is 33.7. The number of unbranched alkanes of at least 4 members (excludes halogenated alkanes) is 11. The molecule has 0 aliphatic rings. The first-order valence-corrected chi connectivity index (χ1v) is 15.0. The first-order chi connectivity index (χ1) is 17.9. The van der Waals surface area contributed by atoms with Gasteiger partial charge in [-0.2, -0.15) is 0 Å². The van der Waals surface area contributed by atoms with Crippen LogP contribution in [0.3, 0.4) is 0 Å². The summed E-state index contributed by atoms with van der Waals surface area (Å²) in [5.41, 5.74) is 0. The van der Waals surface area contributed by atoms with E-state index in [1.165, 1.54) is 70.6 Å². The molecule has 0 aliphatic heterocycles. The second-order valence-corrected chi connectivity index (χ2v) is 9.18. The van der Waals surface area contributed by atoms with Crippen LogP contribution in [0.15, 0.2) is 0 Å². The van der Waals surface area contributed by atoms with Gasteiger partial charge in [0.1, 0.15) is 0 Å². The van der Waals surface area contributed by atoms with E-state index in [1.54, 1.807) is 0 Å². The summed E-state index contributed by atoms with van der Waals surface area (Å²) < 4.78 is 38.7. The van der Waals surface area contributed by atoms with Crippen molar-refractivity contribution in [3.8, 4) is 0 Å². The summed E-state index contributed by atoms with van der Waals surface area (Å²) in [7, 11) is 0. The average molecular weight is 521 g/mol. The Labute approximate surface area is 223 Å². The lowest BCUT2D eigenvalue weighted by Gasteiger charge is -2.08. The van der Waals surface area contributed by atoms with Gasteiger partial charge in [-0.1, -0.05) is 84.5 Å². The maximum absolute atomic E-state index is 5.61. The van der Waals surface area contributed by atoms with E-state index in [4.69, 9.17) is 33.2 Å². The molecule has 0 saturated carbocycles. The minimum absolute atomic E-state index is 0.567. The molecule has 0 aromatic carbocycles. The van der Waals surface area contributed by atoms with Crippen LogP contribution >= 0.6 is 0 Å². The molecule has 0 fully saturated rings. The highest BCUT2D eigenvalue weighted by Gasteiger charge is 1.96. The van der Waals surface area contributed by atoms with E-state index in [2.05, 4.69) is 13.8 Å². The Morgan fingerprint density at radius 3 is 0.667 bits per heavy atom. The smallest absolute Gasteiger partial charge is 0.0701 e. The predicted octanol–water partition coefficient (Wildman–Crippen LogP) is 6.21. The van der Waals surface area contributed by atoms with E-state index in [0.717, 1.165) is 26.1 Å². The molecule has 0 aliphatic carbocycles. The number of rotatable bonds is 33. The summed E-state index contributed by atoms with van der Waals surface area (Å²) >= 11 is 0. The molecule has 0 amide bonds. The molecule has 0 unspecified atom stereocenters. The molecule has 0 spiro atoms. The van der Waals surface area contributed by atoms with Crippen molar-refractivity contribution in [1.82, 2.24) is 0 Å². The number of hydrogen-bond acceptors (Lipinski definition) is 7. The molecule has 0 heterocycles. The molecule has 0 atom stereocenters. The Balaban J connectivity index is 3.00.